The zero-order valence-electron chi connectivity index (χ0n) is 18.6. The molecule has 1 aromatic carbocycles. The van der Waals surface area contributed by atoms with Crippen molar-refractivity contribution in [2.75, 3.05) is 37.6 Å². The predicted molar refractivity (Wildman–Crippen MR) is 130 cm³/mol. The van der Waals surface area contributed by atoms with Crippen LogP contribution in [0.15, 0.2) is 18.2 Å². The van der Waals surface area contributed by atoms with Crippen LogP contribution in [0.1, 0.15) is 64.2 Å². The lowest BCUT2D eigenvalue weighted by Crippen LogP contribution is -2.47. The lowest BCUT2D eigenvalue weighted by atomic mass is 9.83. The second kappa shape index (κ2) is 11.2. The number of piperazine rings is 1. The molecule has 1 saturated heterocycles. The number of halogens is 2. The third-order valence-electron chi connectivity index (χ3n) is 7.67. The van der Waals surface area contributed by atoms with Crippen molar-refractivity contribution in [3.63, 3.8) is 0 Å². The first-order valence-corrected chi connectivity index (χ1v) is 13.1. The first-order chi connectivity index (χ1) is 15.1. The van der Waals surface area contributed by atoms with Gasteiger partial charge < -0.3 is 10.2 Å². The standard InChI is InChI=1S/C25H37Cl2N3O/c26-22-7-4-8-23(24(22)27)30-17-15-29(16-18-30)14-13-19-9-11-21(12-10-19)28-25(31)20-5-2-1-3-6-20/h4,7-8,19-21H,1-3,5-6,9-18H2,(H,28,31). The first kappa shape index (κ1) is 23.2. The summed E-state index contributed by atoms with van der Waals surface area (Å²) in [5.74, 6) is 1.43. The van der Waals surface area contributed by atoms with E-state index in [-0.39, 0.29) is 5.92 Å². The number of anilines is 1. The fourth-order valence-electron chi connectivity index (χ4n) is 5.59. The lowest BCUT2D eigenvalue weighted by Gasteiger charge is -2.37. The van der Waals surface area contributed by atoms with Gasteiger partial charge >= 0.3 is 0 Å². The van der Waals surface area contributed by atoms with Crippen molar-refractivity contribution in [3.8, 4) is 0 Å². The van der Waals surface area contributed by atoms with Crippen LogP contribution in [0.3, 0.4) is 0 Å². The lowest BCUT2D eigenvalue weighted by molar-refractivity contribution is -0.126. The molecule has 0 atom stereocenters. The number of carbonyl (C=O) groups excluding carboxylic acids is 1. The predicted octanol–water partition coefficient (Wildman–Crippen LogP) is 5.76. The summed E-state index contributed by atoms with van der Waals surface area (Å²) in [6.07, 6.45) is 12.1. The Hall–Kier alpha value is -0.970. The van der Waals surface area contributed by atoms with E-state index < -0.39 is 0 Å². The Morgan fingerprint density at radius 3 is 2.35 bits per heavy atom. The molecule has 2 aliphatic carbocycles. The average molecular weight is 466 g/mol. The van der Waals surface area contributed by atoms with Crippen molar-refractivity contribution in [1.29, 1.82) is 0 Å². The van der Waals surface area contributed by atoms with Gasteiger partial charge in [0.25, 0.3) is 0 Å². The molecule has 31 heavy (non-hydrogen) atoms. The zero-order chi connectivity index (χ0) is 21.6. The Balaban J connectivity index is 1.13. The van der Waals surface area contributed by atoms with E-state index in [2.05, 4.69) is 21.2 Å². The maximum Gasteiger partial charge on any atom is 0.223 e. The van der Waals surface area contributed by atoms with Crippen LogP contribution >= 0.6 is 23.2 Å². The number of carbonyl (C=O) groups is 1. The smallest absolute Gasteiger partial charge is 0.223 e. The van der Waals surface area contributed by atoms with Crippen LogP contribution in [-0.4, -0.2) is 49.6 Å². The number of hydrogen-bond acceptors (Lipinski definition) is 3. The van der Waals surface area contributed by atoms with Gasteiger partial charge in [0, 0.05) is 38.1 Å². The number of nitrogens with zero attached hydrogens (tertiary/aromatic N) is 2. The number of rotatable bonds is 6. The van der Waals surface area contributed by atoms with Gasteiger partial charge in [-0.15, -0.1) is 0 Å². The summed E-state index contributed by atoms with van der Waals surface area (Å²) in [4.78, 5) is 17.5. The van der Waals surface area contributed by atoms with Gasteiger partial charge in [0.1, 0.15) is 0 Å². The molecule has 0 aromatic heterocycles. The van der Waals surface area contributed by atoms with Gasteiger partial charge in [0.15, 0.2) is 0 Å². The molecule has 1 amide bonds. The van der Waals surface area contributed by atoms with Crippen molar-refractivity contribution in [2.24, 2.45) is 11.8 Å². The Morgan fingerprint density at radius 2 is 1.65 bits per heavy atom. The van der Waals surface area contributed by atoms with Gasteiger partial charge in [-0.3, -0.25) is 9.69 Å². The zero-order valence-corrected chi connectivity index (χ0v) is 20.1. The molecular formula is C25H37Cl2N3O. The monoisotopic (exact) mass is 465 g/mol. The van der Waals surface area contributed by atoms with E-state index in [1.165, 1.54) is 45.1 Å². The molecule has 4 nitrogen and oxygen atoms in total. The largest absolute Gasteiger partial charge is 0.368 e. The number of nitrogens with one attached hydrogen (secondary N) is 1. The molecule has 1 aromatic rings. The third-order valence-corrected chi connectivity index (χ3v) is 8.48. The van der Waals surface area contributed by atoms with E-state index in [0.717, 1.165) is 63.5 Å². The molecule has 3 aliphatic rings. The highest BCUT2D eigenvalue weighted by Gasteiger charge is 2.27. The van der Waals surface area contributed by atoms with Gasteiger partial charge in [-0.05, 0) is 69.5 Å². The molecule has 0 bridgehead atoms. The normalized spacial score (nSPS) is 26.1. The van der Waals surface area contributed by atoms with Crippen LogP contribution in [0.25, 0.3) is 0 Å². The Labute approximate surface area is 197 Å². The Bertz CT molecular complexity index is 721. The minimum Gasteiger partial charge on any atom is -0.368 e. The summed E-state index contributed by atoms with van der Waals surface area (Å²) in [5, 5.41) is 4.67. The third kappa shape index (κ3) is 6.30. The van der Waals surface area contributed by atoms with Crippen LogP contribution in [0.2, 0.25) is 10.0 Å². The second-order valence-electron chi connectivity index (χ2n) is 9.75. The molecule has 1 heterocycles. The van der Waals surface area contributed by atoms with Crippen LogP contribution in [0.5, 0.6) is 0 Å². The highest BCUT2D eigenvalue weighted by Crippen LogP contribution is 2.33. The molecule has 1 N–H and O–H groups in total. The SMILES string of the molecule is O=C(NC1CCC(CCN2CCN(c3cccc(Cl)c3Cl)CC2)CC1)C1CCCCC1. The molecule has 4 rings (SSSR count). The number of benzene rings is 1. The van der Waals surface area contributed by atoms with Gasteiger partial charge in [0.05, 0.1) is 15.7 Å². The van der Waals surface area contributed by atoms with E-state index in [4.69, 9.17) is 23.2 Å². The van der Waals surface area contributed by atoms with Crippen molar-refractivity contribution in [3.05, 3.63) is 28.2 Å². The molecule has 1 aliphatic heterocycles. The van der Waals surface area contributed by atoms with Crippen LogP contribution < -0.4 is 10.2 Å². The number of hydrogen-bond donors (Lipinski definition) is 1. The van der Waals surface area contributed by atoms with E-state index in [9.17, 15) is 4.79 Å². The van der Waals surface area contributed by atoms with Crippen molar-refractivity contribution >= 4 is 34.8 Å². The Morgan fingerprint density at radius 1 is 0.935 bits per heavy atom. The van der Waals surface area contributed by atoms with E-state index in [0.29, 0.717) is 22.0 Å². The van der Waals surface area contributed by atoms with E-state index in [1.807, 2.05) is 12.1 Å². The molecule has 2 saturated carbocycles. The van der Waals surface area contributed by atoms with E-state index >= 15 is 0 Å². The highest BCUT2D eigenvalue weighted by atomic mass is 35.5. The maximum absolute atomic E-state index is 12.5. The second-order valence-corrected chi connectivity index (χ2v) is 10.5. The fourth-order valence-corrected chi connectivity index (χ4v) is 6.01. The molecule has 0 unspecified atom stereocenters. The van der Waals surface area contributed by atoms with Gasteiger partial charge in [0.2, 0.25) is 5.91 Å². The van der Waals surface area contributed by atoms with Gasteiger partial charge in [-0.2, -0.15) is 0 Å². The molecule has 3 fully saturated rings. The van der Waals surface area contributed by atoms with Crippen LogP contribution in [-0.2, 0) is 4.79 Å². The molecule has 0 spiro atoms. The van der Waals surface area contributed by atoms with Gasteiger partial charge in [-0.25, -0.2) is 0 Å². The summed E-state index contributed by atoms with van der Waals surface area (Å²) >= 11 is 12.6. The van der Waals surface area contributed by atoms with Crippen LogP contribution in [0, 0.1) is 11.8 Å². The summed E-state index contributed by atoms with van der Waals surface area (Å²) in [5.41, 5.74) is 1.06. The first-order valence-electron chi connectivity index (χ1n) is 12.3. The summed E-state index contributed by atoms with van der Waals surface area (Å²) in [7, 11) is 0. The van der Waals surface area contributed by atoms with Crippen LogP contribution in [0.4, 0.5) is 5.69 Å². The molecule has 0 radical (unpaired) electrons. The Kier molecular flexibility index (Phi) is 8.42. The van der Waals surface area contributed by atoms with Crippen molar-refractivity contribution in [2.45, 2.75) is 70.3 Å². The summed E-state index contributed by atoms with van der Waals surface area (Å²) in [6, 6.07) is 6.30. The molecule has 6 heteroatoms. The maximum atomic E-state index is 12.5. The van der Waals surface area contributed by atoms with Crippen molar-refractivity contribution < 1.29 is 4.79 Å². The summed E-state index contributed by atoms with van der Waals surface area (Å²) < 4.78 is 0. The van der Waals surface area contributed by atoms with Gasteiger partial charge in [-0.1, -0.05) is 48.5 Å². The fraction of sp³-hybridized carbons (Fsp3) is 0.720. The van der Waals surface area contributed by atoms with E-state index in [1.54, 1.807) is 0 Å². The quantitative estimate of drug-likeness (QED) is 0.579. The topological polar surface area (TPSA) is 35.6 Å². The minimum absolute atomic E-state index is 0.284. The summed E-state index contributed by atoms with van der Waals surface area (Å²) in [6.45, 7) is 5.34. The molecule has 172 valence electrons. The van der Waals surface area contributed by atoms with Crippen molar-refractivity contribution in [1.82, 2.24) is 10.2 Å². The minimum atomic E-state index is 0.284. The number of amides is 1. The molecular weight excluding hydrogens is 429 g/mol. The average Bonchev–Trinajstić information content (AvgIpc) is 2.81. The highest BCUT2D eigenvalue weighted by molar-refractivity contribution is 6.43.